The van der Waals surface area contributed by atoms with Crippen LogP contribution in [0.2, 0.25) is 0 Å². The van der Waals surface area contributed by atoms with Crippen LogP contribution in [-0.4, -0.2) is 23.8 Å². The van der Waals surface area contributed by atoms with Gasteiger partial charge in [-0.15, -0.1) is 0 Å². The van der Waals surface area contributed by atoms with Crippen LogP contribution in [0.5, 0.6) is 0 Å². The largest absolute Gasteiger partial charge is 0.465 e. The van der Waals surface area contributed by atoms with E-state index in [1.54, 1.807) is 6.07 Å². The number of aromatic nitrogens is 1. The van der Waals surface area contributed by atoms with Gasteiger partial charge in [-0.25, -0.2) is 4.79 Å². The molecule has 4 heteroatoms. The number of nitrogens with one attached hydrogen (secondary N) is 1. The molecule has 2 atom stereocenters. The highest BCUT2D eigenvalue weighted by Gasteiger charge is 2.35. The Morgan fingerprint density at radius 2 is 2.00 bits per heavy atom. The number of aryl methyl sites for hydroxylation is 1. The van der Waals surface area contributed by atoms with E-state index in [0.29, 0.717) is 22.9 Å². The summed E-state index contributed by atoms with van der Waals surface area (Å²) >= 11 is 0. The van der Waals surface area contributed by atoms with Crippen molar-refractivity contribution in [1.29, 1.82) is 0 Å². The summed E-state index contributed by atoms with van der Waals surface area (Å²) in [5.74, 6) is 0.127. The Kier molecular flexibility index (Phi) is 4.34. The number of hydrogen-bond acceptors (Lipinski definition) is 3. The number of hydrogen-bond donors (Lipinski definition) is 1. The number of carbonyl (C=O) groups excluding carboxylic acids is 2. The molecule has 1 aliphatic carbocycles. The molecule has 0 bridgehead atoms. The number of Topliss-reactive ketones (excluding diaryl/α,β-unsaturated/α-hetero) is 1. The van der Waals surface area contributed by atoms with Gasteiger partial charge in [-0.05, 0) is 37.0 Å². The summed E-state index contributed by atoms with van der Waals surface area (Å²) in [6.07, 6.45) is 1.36. The summed E-state index contributed by atoms with van der Waals surface area (Å²) in [6, 6.07) is 14.0. The summed E-state index contributed by atoms with van der Waals surface area (Å²) in [6.45, 7) is 4.22. The highest BCUT2D eigenvalue weighted by molar-refractivity contribution is 6.16. The van der Waals surface area contributed by atoms with E-state index >= 15 is 0 Å². The minimum atomic E-state index is -0.413. The first-order valence-corrected chi connectivity index (χ1v) is 9.31. The lowest BCUT2D eigenvalue weighted by Crippen LogP contribution is -2.24. The van der Waals surface area contributed by atoms with Crippen LogP contribution < -0.4 is 0 Å². The topological polar surface area (TPSA) is 59.2 Å². The van der Waals surface area contributed by atoms with E-state index in [0.717, 1.165) is 17.6 Å². The minimum absolute atomic E-state index is 0.0978. The first-order valence-electron chi connectivity index (χ1n) is 9.31. The lowest BCUT2D eigenvalue weighted by molar-refractivity contribution is 0.0603. The van der Waals surface area contributed by atoms with Gasteiger partial charge in [0.15, 0.2) is 5.78 Å². The Balaban J connectivity index is 1.87. The maximum Gasteiger partial charge on any atom is 0.338 e. The van der Waals surface area contributed by atoms with E-state index in [2.05, 4.69) is 43.1 Å². The zero-order chi connectivity index (χ0) is 19.1. The molecule has 0 saturated carbocycles. The highest BCUT2D eigenvalue weighted by atomic mass is 16.5. The van der Waals surface area contributed by atoms with Crippen LogP contribution in [0.25, 0.3) is 10.9 Å². The highest BCUT2D eigenvalue weighted by Crippen LogP contribution is 2.42. The van der Waals surface area contributed by atoms with Crippen LogP contribution in [0.1, 0.15) is 56.8 Å². The number of rotatable bonds is 3. The van der Waals surface area contributed by atoms with Crippen molar-refractivity contribution >= 4 is 22.7 Å². The molecule has 1 heterocycles. The summed E-state index contributed by atoms with van der Waals surface area (Å²) in [5.41, 5.74) is 5.38. The van der Waals surface area contributed by atoms with Gasteiger partial charge in [0, 0.05) is 34.5 Å². The summed E-state index contributed by atoms with van der Waals surface area (Å²) in [5, 5.41) is 0.700. The number of benzene rings is 2. The Morgan fingerprint density at radius 3 is 2.74 bits per heavy atom. The second-order valence-corrected chi connectivity index (χ2v) is 7.54. The molecule has 1 N–H and O–H groups in total. The lowest BCUT2D eigenvalue weighted by atomic mass is 9.75. The predicted molar refractivity (Wildman–Crippen MR) is 105 cm³/mol. The van der Waals surface area contributed by atoms with Crippen molar-refractivity contribution in [2.24, 2.45) is 5.92 Å². The van der Waals surface area contributed by atoms with E-state index in [9.17, 15) is 9.59 Å². The van der Waals surface area contributed by atoms with Gasteiger partial charge < -0.3 is 9.72 Å². The van der Waals surface area contributed by atoms with Crippen molar-refractivity contribution in [1.82, 2.24) is 4.98 Å². The third kappa shape index (κ3) is 2.95. The third-order valence-electron chi connectivity index (χ3n) is 5.64. The minimum Gasteiger partial charge on any atom is -0.465 e. The van der Waals surface area contributed by atoms with Crippen molar-refractivity contribution in [2.45, 2.75) is 32.6 Å². The molecular formula is C23H23NO3. The average Bonchev–Trinajstić information content (AvgIpc) is 3.04. The second-order valence-electron chi connectivity index (χ2n) is 7.54. The van der Waals surface area contributed by atoms with E-state index in [-0.39, 0.29) is 17.6 Å². The van der Waals surface area contributed by atoms with E-state index in [1.165, 1.54) is 18.2 Å². The monoisotopic (exact) mass is 361 g/mol. The number of ether oxygens (including phenoxy) is 1. The molecule has 0 spiro atoms. The molecule has 27 heavy (non-hydrogen) atoms. The number of aromatic amines is 1. The van der Waals surface area contributed by atoms with Crippen LogP contribution in [0.3, 0.4) is 0 Å². The number of methoxy groups -OCH3 is 1. The molecule has 2 aromatic carbocycles. The SMILES string of the molecule is COC(=O)c1cccc2[nH]c3c(c12)C(=O)CC(C)C3Cc1cccc(C)c1. The molecule has 4 rings (SSSR count). The molecule has 4 nitrogen and oxygen atoms in total. The van der Waals surface area contributed by atoms with Crippen LogP contribution in [-0.2, 0) is 11.2 Å². The Morgan fingerprint density at radius 1 is 1.22 bits per heavy atom. The molecule has 138 valence electrons. The molecule has 1 aromatic heterocycles. The molecule has 0 fully saturated rings. The van der Waals surface area contributed by atoms with E-state index in [1.807, 2.05) is 12.1 Å². The predicted octanol–water partition coefficient (Wildman–Crippen LogP) is 4.81. The van der Waals surface area contributed by atoms with Gasteiger partial charge in [-0.3, -0.25) is 4.79 Å². The number of carbonyl (C=O) groups is 2. The zero-order valence-electron chi connectivity index (χ0n) is 15.8. The Bertz CT molecular complexity index is 1050. The Hall–Kier alpha value is -2.88. The summed E-state index contributed by atoms with van der Waals surface area (Å²) < 4.78 is 4.93. The lowest BCUT2D eigenvalue weighted by Gasteiger charge is -2.28. The maximum absolute atomic E-state index is 12.9. The zero-order valence-corrected chi connectivity index (χ0v) is 15.8. The van der Waals surface area contributed by atoms with Gasteiger partial charge in [-0.1, -0.05) is 42.8 Å². The van der Waals surface area contributed by atoms with E-state index in [4.69, 9.17) is 4.74 Å². The first-order chi connectivity index (χ1) is 13.0. The van der Waals surface area contributed by atoms with E-state index < -0.39 is 5.97 Å². The van der Waals surface area contributed by atoms with Gasteiger partial charge >= 0.3 is 5.97 Å². The quantitative estimate of drug-likeness (QED) is 0.681. The van der Waals surface area contributed by atoms with Gasteiger partial charge in [0.25, 0.3) is 0 Å². The van der Waals surface area contributed by atoms with Crippen LogP contribution >= 0.6 is 0 Å². The molecule has 1 aliphatic rings. The van der Waals surface area contributed by atoms with Crippen LogP contribution in [0.4, 0.5) is 0 Å². The fourth-order valence-electron chi connectivity index (χ4n) is 4.33. The first kappa shape index (κ1) is 17.5. The second kappa shape index (κ2) is 6.69. The smallest absolute Gasteiger partial charge is 0.338 e. The Labute approximate surface area is 158 Å². The summed E-state index contributed by atoms with van der Waals surface area (Å²) in [7, 11) is 1.37. The van der Waals surface area contributed by atoms with Crippen LogP contribution in [0.15, 0.2) is 42.5 Å². The summed E-state index contributed by atoms with van der Waals surface area (Å²) in [4.78, 5) is 28.6. The van der Waals surface area contributed by atoms with Crippen molar-refractivity contribution < 1.29 is 14.3 Å². The van der Waals surface area contributed by atoms with Gasteiger partial charge in [-0.2, -0.15) is 0 Å². The fraction of sp³-hybridized carbons (Fsp3) is 0.304. The standard InChI is InChI=1S/C23H23NO3/c1-13-6-4-7-15(10-13)12-17-14(2)11-19(25)21-20-16(23(26)27-3)8-5-9-18(20)24-22(17)21/h4-10,14,17,24H,11-12H2,1-3H3. The molecule has 3 aromatic rings. The number of ketones is 1. The number of H-pyrrole nitrogens is 1. The van der Waals surface area contributed by atoms with Gasteiger partial charge in [0.1, 0.15) is 0 Å². The van der Waals surface area contributed by atoms with Gasteiger partial charge in [0.05, 0.1) is 12.7 Å². The van der Waals surface area contributed by atoms with Crippen LogP contribution in [0, 0.1) is 12.8 Å². The fourth-order valence-corrected chi connectivity index (χ4v) is 4.33. The molecule has 0 amide bonds. The van der Waals surface area contributed by atoms with Crippen molar-refractivity contribution in [2.75, 3.05) is 7.11 Å². The van der Waals surface area contributed by atoms with Crippen molar-refractivity contribution in [3.05, 3.63) is 70.4 Å². The average molecular weight is 361 g/mol. The van der Waals surface area contributed by atoms with Crippen molar-refractivity contribution in [3.63, 3.8) is 0 Å². The maximum atomic E-state index is 12.9. The molecule has 0 saturated heterocycles. The molecule has 0 radical (unpaired) electrons. The van der Waals surface area contributed by atoms with Crippen molar-refractivity contribution in [3.8, 4) is 0 Å². The molecule has 0 aliphatic heterocycles. The number of fused-ring (bicyclic) bond motifs is 3. The normalized spacial score (nSPS) is 19.1. The molecular weight excluding hydrogens is 338 g/mol. The number of esters is 1. The third-order valence-corrected chi connectivity index (χ3v) is 5.64. The van der Waals surface area contributed by atoms with Gasteiger partial charge in [0.2, 0.25) is 0 Å². The molecule has 2 unspecified atom stereocenters.